The summed E-state index contributed by atoms with van der Waals surface area (Å²) < 4.78 is 1.57. The molecule has 1 aliphatic heterocycles. The number of aromatic nitrogens is 6. The molecule has 3 atom stereocenters. The minimum atomic E-state index is -0.701. The van der Waals surface area contributed by atoms with Gasteiger partial charge in [0.1, 0.15) is 36.5 Å². The Morgan fingerprint density at radius 1 is 1.07 bits per heavy atom. The van der Waals surface area contributed by atoms with Crippen LogP contribution in [0.2, 0.25) is 0 Å². The Labute approximate surface area is 236 Å². The van der Waals surface area contributed by atoms with Crippen molar-refractivity contribution >= 4 is 28.5 Å². The van der Waals surface area contributed by atoms with Crippen molar-refractivity contribution in [1.82, 2.24) is 39.9 Å². The fourth-order valence-electron chi connectivity index (χ4n) is 5.69. The minimum absolute atomic E-state index is 0.137. The summed E-state index contributed by atoms with van der Waals surface area (Å²) in [5, 5.41) is 8.13. The van der Waals surface area contributed by atoms with Crippen LogP contribution in [0, 0.1) is 31.1 Å². The zero-order valence-electron chi connectivity index (χ0n) is 23.2. The van der Waals surface area contributed by atoms with Gasteiger partial charge in [-0.3, -0.25) is 19.1 Å². The van der Waals surface area contributed by atoms with Gasteiger partial charge in [-0.05, 0) is 50.5 Å². The molecule has 6 rings (SSSR count). The van der Waals surface area contributed by atoms with Gasteiger partial charge in [-0.2, -0.15) is 5.10 Å². The number of benzene rings is 1. The van der Waals surface area contributed by atoms with Crippen molar-refractivity contribution in [3.05, 3.63) is 65.9 Å². The van der Waals surface area contributed by atoms with Crippen LogP contribution in [0.4, 0.5) is 0 Å². The fraction of sp³-hybridized carbons (Fsp3) is 0.333. The van der Waals surface area contributed by atoms with Crippen LogP contribution < -0.4 is 5.32 Å². The number of likely N-dealkylation sites (tertiary alicyclic amines) is 1. The van der Waals surface area contributed by atoms with Crippen LogP contribution in [0.15, 0.2) is 43.2 Å². The van der Waals surface area contributed by atoms with Gasteiger partial charge in [0.15, 0.2) is 5.78 Å². The van der Waals surface area contributed by atoms with E-state index in [1.165, 1.54) is 13.3 Å². The highest BCUT2D eigenvalue weighted by Crippen LogP contribution is 2.44. The third-order valence-corrected chi connectivity index (χ3v) is 7.77. The van der Waals surface area contributed by atoms with Crippen LogP contribution in [0.1, 0.15) is 47.7 Å². The lowest BCUT2D eigenvalue weighted by Gasteiger charge is -2.34. The highest BCUT2D eigenvalue weighted by atomic mass is 16.2. The van der Waals surface area contributed by atoms with E-state index < -0.39 is 11.5 Å². The van der Waals surface area contributed by atoms with Crippen molar-refractivity contribution in [3.8, 4) is 23.0 Å². The first kappa shape index (κ1) is 26.3. The molecule has 3 aromatic heterocycles. The Kier molecular flexibility index (Phi) is 6.33. The molecule has 1 aromatic carbocycles. The molecule has 0 unspecified atom stereocenters. The first-order valence-corrected chi connectivity index (χ1v) is 13.3. The molecule has 11 nitrogen and oxygen atoms in total. The molecule has 206 valence electrons. The molecule has 1 N–H and O–H groups in total. The third kappa shape index (κ3) is 4.61. The second-order valence-corrected chi connectivity index (χ2v) is 10.8. The number of rotatable bonds is 7. The second kappa shape index (κ2) is 9.89. The maximum absolute atomic E-state index is 13.9. The Morgan fingerprint density at radius 3 is 2.46 bits per heavy atom. The number of carbonyl (C=O) groups excluding carboxylic acids is 3. The quantitative estimate of drug-likeness (QED) is 0.275. The molecule has 0 bridgehead atoms. The Morgan fingerprint density at radius 2 is 1.80 bits per heavy atom. The average molecular weight is 549 g/mol. The number of Topliss-reactive ketones (excluding diaryl/α,β-unsaturated/α-hetero) is 1. The van der Waals surface area contributed by atoms with Crippen LogP contribution in [-0.2, 0) is 22.7 Å². The number of ketones is 1. The summed E-state index contributed by atoms with van der Waals surface area (Å²) in [6, 6.07) is 2.79. The van der Waals surface area contributed by atoms with Gasteiger partial charge >= 0.3 is 0 Å². The van der Waals surface area contributed by atoms with E-state index in [4.69, 9.17) is 0 Å². The zero-order valence-corrected chi connectivity index (χ0v) is 23.2. The summed E-state index contributed by atoms with van der Waals surface area (Å²) in [5.74, 6) is 6.14. The molecule has 11 heteroatoms. The predicted octanol–water partition coefficient (Wildman–Crippen LogP) is 2.41. The summed E-state index contributed by atoms with van der Waals surface area (Å²) in [4.78, 5) is 58.0. The van der Waals surface area contributed by atoms with E-state index in [9.17, 15) is 14.4 Å². The first-order valence-electron chi connectivity index (χ1n) is 13.3. The third-order valence-electron chi connectivity index (χ3n) is 7.77. The van der Waals surface area contributed by atoms with E-state index in [1.807, 2.05) is 32.9 Å². The number of nitrogens with zero attached hydrogens (tertiary/aromatic N) is 7. The second-order valence-electron chi connectivity index (χ2n) is 10.8. The molecular formula is C30H28N8O3. The molecule has 4 heterocycles. The molecule has 1 fully saturated rings. The van der Waals surface area contributed by atoms with Crippen molar-refractivity contribution in [1.29, 1.82) is 0 Å². The molecule has 2 aliphatic rings. The van der Waals surface area contributed by atoms with E-state index in [2.05, 4.69) is 42.2 Å². The SMILES string of the molecule is CC(=O)c1nn(CC(=O)N2[C@H](C(=O)NCc3cncnc3)C[C@@]3(C)C#C[C@@H]23)c2c(C)cc(-c3cnc(C)nc3)cc12. The standard InChI is InChI=1S/C30H28N8O3/c1-17-7-21(22-13-33-19(3)34-14-22)8-23-27(18(2)39)36-37(28(17)23)15-26(40)38-24(9-30(4)6-5-25(30)38)29(41)35-12-20-10-31-16-32-11-20/h7-8,10-11,13-14,16,24-25H,9,12,15H2,1-4H3,(H,35,41)/t24-,25+,30+/m0/s1. The monoisotopic (exact) mass is 548 g/mol. The molecule has 0 spiro atoms. The molecule has 4 aromatic rings. The van der Waals surface area contributed by atoms with Gasteiger partial charge in [0.2, 0.25) is 11.8 Å². The predicted molar refractivity (Wildman–Crippen MR) is 149 cm³/mol. The Balaban J connectivity index is 1.31. The molecule has 0 saturated carbocycles. The van der Waals surface area contributed by atoms with Gasteiger partial charge in [0.05, 0.1) is 10.9 Å². The maximum atomic E-state index is 13.9. The van der Waals surface area contributed by atoms with E-state index in [0.717, 1.165) is 22.3 Å². The summed E-state index contributed by atoms with van der Waals surface area (Å²) in [6.45, 7) is 7.28. The summed E-state index contributed by atoms with van der Waals surface area (Å²) in [5.41, 5.74) is 3.78. The van der Waals surface area contributed by atoms with Gasteiger partial charge in [-0.1, -0.05) is 11.8 Å². The van der Waals surface area contributed by atoms with Gasteiger partial charge in [-0.15, -0.1) is 0 Å². The lowest BCUT2D eigenvalue weighted by atomic mass is 9.76. The van der Waals surface area contributed by atoms with Crippen molar-refractivity contribution in [2.24, 2.45) is 5.41 Å². The van der Waals surface area contributed by atoms with Gasteiger partial charge in [-0.25, -0.2) is 19.9 Å². The van der Waals surface area contributed by atoms with Crippen molar-refractivity contribution in [2.45, 2.75) is 59.3 Å². The summed E-state index contributed by atoms with van der Waals surface area (Å²) in [7, 11) is 0. The first-order chi connectivity index (χ1) is 19.6. The molecule has 41 heavy (non-hydrogen) atoms. The van der Waals surface area contributed by atoms with Gasteiger partial charge < -0.3 is 10.2 Å². The van der Waals surface area contributed by atoms with Gasteiger partial charge in [0.25, 0.3) is 0 Å². The van der Waals surface area contributed by atoms with Crippen molar-refractivity contribution in [3.63, 3.8) is 0 Å². The van der Waals surface area contributed by atoms with E-state index in [0.29, 0.717) is 23.1 Å². The fourth-order valence-corrected chi connectivity index (χ4v) is 5.69. The van der Waals surface area contributed by atoms with Crippen LogP contribution in [0.25, 0.3) is 22.0 Å². The number of hydrogen-bond donors (Lipinski definition) is 1. The lowest BCUT2D eigenvalue weighted by Crippen LogP contribution is -2.51. The molecule has 0 radical (unpaired) electrons. The summed E-state index contributed by atoms with van der Waals surface area (Å²) >= 11 is 0. The Bertz CT molecular complexity index is 1770. The van der Waals surface area contributed by atoms with Crippen molar-refractivity contribution < 1.29 is 14.4 Å². The number of nitrogens with one attached hydrogen (secondary N) is 1. The maximum Gasteiger partial charge on any atom is 0.246 e. The molecule has 1 saturated heterocycles. The number of aryl methyl sites for hydroxylation is 2. The number of hydrogen-bond acceptors (Lipinski definition) is 8. The van der Waals surface area contributed by atoms with E-state index in [1.54, 1.807) is 34.4 Å². The normalized spacial score (nSPS) is 20.6. The number of fused-ring (bicyclic) bond motifs is 2. The van der Waals surface area contributed by atoms with Crippen LogP contribution in [0.3, 0.4) is 0 Å². The molecule has 1 aliphatic carbocycles. The van der Waals surface area contributed by atoms with Crippen LogP contribution >= 0.6 is 0 Å². The van der Waals surface area contributed by atoms with Crippen molar-refractivity contribution in [2.75, 3.05) is 0 Å². The number of amides is 2. The number of carbonyl (C=O) groups is 3. The largest absolute Gasteiger partial charge is 0.350 e. The average Bonchev–Trinajstić information content (AvgIpc) is 3.41. The van der Waals surface area contributed by atoms with Crippen LogP contribution in [-0.4, -0.2) is 64.3 Å². The van der Waals surface area contributed by atoms with Crippen LogP contribution in [0.5, 0.6) is 0 Å². The molecular weight excluding hydrogens is 520 g/mol. The van der Waals surface area contributed by atoms with Gasteiger partial charge in [0, 0.05) is 54.8 Å². The lowest BCUT2D eigenvalue weighted by molar-refractivity contribution is -0.140. The summed E-state index contributed by atoms with van der Waals surface area (Å²) in [6.07, 6.45) is 8.61. The molecule has 2 amide bonds. The topological polar surface area (TPSA) is 136 Å². The smallest absolute Gasteiger partial charge is 0.246 e. The van der Waals surface area contributed by atoms with E-state index in [-0.39, 0.29) is 42.4 Å². The minimum Gasteiger partial charge on any atom is -0.350 e. The zero-order chi connectivity index (χ0) is 28.9. The highest BCUT2D eigenvalue weighted by molar-refractivity contribution is 6.07. The highest BCUT2D eigenvalue weighted by Gasteiger charge is 2.55. The Hall–Kier alpha value is -4.98. The van der Waals surface area contributed by atoms with E-state index >= 15 is 0 Å².